The number of carbonyl (C=O) groups excluding carboxylic acids is 4. The van der Waals surface area contributed by atoms with Crippen molar-refractivity contribution in [2.45, 2.75) is 114 Å². The Hall–Kier alpha value is -5.77. The molecule has 9 rings (SSSR count). The monoisotopic (exact) mass is 1030 g/mol. The number of benzene rings is 4. The van der Waals surface area contributed by atoms with Crippen molar-refractivity contribution in [2.75, 3.05) is 39.9 Å². The fourth-order valence-electron chi connectivity index (χ4n) is 11.4. The minimum absolute atomic E-state index is 0.0203. The predicted octanol–water partition coefficient (Wildman–Crippen LogP) is 8.85. The van der Waals surface area contributed by atoms with Crippen molar-refractivity contribution in [1.82, 2.24) is 34.9 Å². The number of nitrogens with zero attached hydrogens (tertiary/aromatic N) is 5. The number of hydrogen-bond donors (Lipinski definition) is 2. The van der Waals surface area contributed by atoms with E-state index in [2.05, 4.69) is 39.3 Å². The molecule has 1 aliphatic carbocycles. The van der Waals surface area contributed by atoms with E-state index in [9.17, 15) is 19.2 Å². The third-order valence-electron chi connectivity index (χ3n) is 15.4. The van der Waals surface area contributed by atoms with Crippen LogP contribution in [0.1, 0.15) is 93.3 Å². The van der Waals surface area contributed by atoms with Crippen molar-refractivity contribution in [3.63, 3.8) is 0 Å². The van der Waals surface area contributed by atoms with Gasteiger partial charge in [-0.25, -0.2) is 4.98 Å². The van der Waals surface area contributed by atoms with Gasteiger partial charge in [0.25, 0.3) is 0 Å². The van der Waals surface area contributed by atoms with E-state index < -0.39 is 35.2 Å². The average Bonchev–Trinajstić information content (AvgIpc) is 4.20. The molecule has 3 amide bonds. The van der Waals surface area contributed by atoms with Crippen molar-refractivity contribution in [3.8, 4) is 22.8 Å². The van der Waals surface area contributed by atoms with E-state index >= 15 is 0 Å². The van der Waals surface area contributed by atoms with Gasteiger partial charge in [-0.05, 0) is 150 Å². The number of piperidine rings is 1. The number of methoxy groups -OCH3 is 1. The van der Waals surface area contributed by atoms with Gasteiger partial charge in [-0.3, -0.25) is 29.0 Å². The Kier molecular flexibility index (Phi) is 16.0. The molecular formula is C57H67Cl2N7O7. The van der Waals surface area contributed by atoms with Crippen molar-refractivity contribution >= 4 is 46.9 Å². The molecule has 1 aromatic heterocycles. The number of fused-ring (bicyclic) bond motifs is 1. The molecule has 4 aromatic carbocycles. The fraction of sp³-hybridized carbons (Fsp3) is 0.456. The summed E-state index contributed by atoms with van der Waals surface area (Å²) in [5.74, 6) is 0.142. The Morgan fingerprint density at radius 1 is 0.904 bits per heavy atom. The van der Waals surface area contributed by atoms with E-state index in [4.69, 9.17) is 42.4 Å². The van der Waals surface area contributed by atoms with Gasteiger partial charge in [0.05, 0.1) is 56.1 Å². The van der Waals surface area contributed by atoms with Crippen molar-refractivity contribution in [2.24, 2.45) is 13.0 Å². The van der Waals surface area contributed by atoms with Gasteiger partial charge in [0.1, 0.15) is 29.1 Å². The summed E-state index contributed by atoms with van der Waals surface area (Å²) in [6.07, 6.45) is 7.48. The smallest absolute Gasteiger partial charge is 0.306 e. The maximum absolute atomic E-state index is 14.9. The molecule has 0 radical (unpaired) electrons. The third kappa shape index (κ3) is 11.8. The van der Waals surface area contributed by atoms with Crippen LogP contribution in [0.2, 0.25) is 10.0 Å². The molecule has 0 saturated carbocycles. The molecule has 5 aromatic rings. The Labute approximate surface area is 438 Å². The van der Waals surface area contributed by atoms with Crippen molar-refractivity contribution in [3.05, 3.63) is 135 Å². The highest BCUT2D eigenvalue weighted by Gasteiger charge is 2.50. The molecule has 3 fully saturated rings. The number of nitrogens with one attached hydrogen (secondary N) is 2. The van der Waals surface area contributed by atoms with Gasteiger partial charge in [0.15, 0.2) is 0 Å². The standard InChI is InChI=1S/C57H67Cl2N7O7/c1-37(60-32-41-15-21-43(59)29-50(41)73-44-22-16-40(17-23-44)48-33-61-51(63(48)4)34-64-26-8-9-27-64)54(69)66-49(35-72-56(66,2)3)53(68)62-57(31-38-13-19-42(58)20-14-38)25-10-28-65(36-57)55(70)47(30-52(67)71-5)46-24-18-39-11-6-7-12-45(39)46/h6-7,11-17,19-23,29,33,37,46-47,49,60H,8-10,18,24-28,30-32,34-36H2,1-5H3,(H,62,68)/t37-,46-,47-,49-,57+/m0/s1. The molecule has 3 aliphatic heterocycles. The lowest BCUT2D eigenvalue weighted by atomic mass is 9.80. The number of aromatic nitrogens is 2. The molecular weight excluding hydrogens is 966 g/mol. The second kappa shape index (κ2) is 22.4. The third-order valence-corrected chi connectivity index (χ3v) is 15.9. The molecule has 3 saturated heterocycles. The summed E-state index contributed by atoms with van der Waals surface area (Å²) in [5, 5.41) is 7.87. The van der Waals surface area contributed by atoms with Gasteiger partial charge in [-0.1, -0.05) is 65.7 Å². The first kappa shape index (κ1) is 52.1. The summed E-state index contributed by atoms with van der Waals surface area (Å²) in [5.41, 5.74) is 4.00. The van der Waals surface area contributed by atoms with Crippen LogP contribution in [-0.2, 0) is 61.6 Å². The highest BCUT2D eigenvalue weighted by Crippen LogP contribution is 2.42. The second-order valence-electron chi connectivity index (χ2n) is 20.7. The number of ether oxygens (including phenoxy) is 3. The SMILES string of the molecule is COC(=O)C[C@H](C(=O)N1CCC[C@](Cc2ccc(Cl)cc2)(NC(=O)[C@@H]2COC(C)(C)N2C(=O)[C@H](C)NCc2ccc(Cl)cc2Oc2ccc(-c3cnc(CN4CCCC4)n3C)cc2)C1)[C@H]1CCc2ccccc21. The Bertz CT molecular complexity index is 2800. The summed E-state index contributed by atoms with van der Waals surface area (Å²) in [6, 6.07) is 27.2. The maximum atomic E-state index is 14.9. The minimum Gasteiger partial charge on any atom is -0.469 e. The average molecular weight is 1030 g/mol. The largest absolute Gasteiger partial charge is 0.469 e. The quantitative estimate of drug-likeness (QED) is 0.0867. The lowest BCUT2D eigenvalue weighted by molar-refractivity contribution is -0.152. The summed E-state index contributed by atoms with van der Waals surface area (Å²) in [7, 11) is 3.40. The zero-order chi connectivity index (χ0) is 51.4. The molecule has 0 unspecified atom stereocenters. The van der Waals surface area contributed by atoms with Crippen molar-refractivity contribution < 1.29 is 33.4 Å². The van der Waals surface area contributed by atoms with Gasteiger partial charge in [0.2, 0.25) is 17.7 Å². The first-order chi connectivity index (χ1) is 35.1. The molecule has 16 heteroatoms. The Morgan fingerprint density at radius 3 is 2.40 bits per heavy atom. The zero-order valence-electron chi connectivity index (χ0n) is 42.5. The van der Waals surface area contributed by atoms with E-state index in [0.29, 0.717) is 47.4 Å². The Morgan fingerprint density at radius 2 is 1.64 bits per heavy atom. The number of amides is 3. The number of carbonyl (C=O) groups is 4. The van der Waals surface area contributed by atoms with Gasteiger partial charge < -0.3 is 34.3 Å². The van der Waals surface area contributed by atoms with Crippen LogP contribution >= 0.6 is 23.2 Å². The molecule has 14 nitrogen and oxygen atoms in total. The molecule has 5 atom stereocenters. The van der Waals surface area contributed by atoms with Crippen LogP contribution in [0.25, 0.3) is 11.3 Å². The molecule has 0 bridgehead atoms. The van der Waals surface area contributed by atoms with Crippen LogP contribution < -0.4 is 15.4 Å². The van der Waals surface area contributed by atoms with Gasteiger partial charge in [0, 0.05) is 47.9 Å². The zero-order valence-corrected chi connectivity index (χ0v) is 44.0. The highest BCUT2D eigenvalue weighted by atomic mass is 35.5. The van der Waals surface area contributed by atoms with Crippen LogP contribution in [0, 0.1) is 5.92 Å². The summed E-state index contributed by atoms with van der Waals surface area (Å²) >= 11 is 12.8. The predicted molar refractivity (Wildman–Crippen MR) is 281 cm³/mol. The van der Waals surface area contributed by atoms with Crippen LogP contribution in [0.3, 0.4) is 0 Å². The fourth-order valence-corrected chi connectivity index (χ4v) is 11.7. The molecule has 4 aliphatic rings. The van der Waals surface area contributed by atoms with E-state index in [0.717, 1.165) is 66.2 Å². The first-order valence-electron chi connectivity index (χ1n) is 25.6. The second-order valence-corrected chi connectivity index (χ2v) is 21.6. The minimum atomic E-state index is -1.11. The van der Waals surface area contributed by atoms with Gasteiger partial charge >= 0.3 is 5.97 Å². The first-order valence-corrected chi connectivity index (χ1v) is 26.4. The van der Waals surface area contributed by atoms with E-state index in [1.54, 1.807) is 32.9 Å². The molecule has 4 heterocycles. The molecule has 0 spiro atoms. The number of imidazole rings is 1. The normalized spacial score (nSPS) is 21.4. The molecule has 2 N–H and O–H groups in total. The Balaban J connectivity index is 0.891. The number of likely N-dealkylation sites (tertiary alicyclic amines) is 2. The number of halogens is 2. The van der Waals surface area contributed by atoms with Crippen LogP contribution in [-0.4, -0.2) is 111 Å². The molecule has 73 heavy (non-hydrogen) atoms. The topological polar surface area (TPSA) is 148 Å². The van der Waals surface area contributed by atoms with E-state index in [1.165, 1.54) is 30.4 Å². The number of hydrogen-bond acceptors (Lipinski definition) is 10. The maximum Gasteiger partial charge on any atom is 0.306 e. The lowest BCUT2D eigenvalue weighted by Gasteiger charge is -2.46. The summed E-state index contributed by atoms with van der Waals surface area (Å²) in [4.78, 5) is 67.9. The van der Waals surface area contributed by atoms with Crippen LogP contribution in [0.4, 0.5) is 0 Å². The van der Waals surface area contributed by atoms with Crippen LogP contribution in [0.15, 0.2) is 97.2 Å². The highest BCUT2D eigenvalue weighted by molar-refractivity contribution is 6.31. The lowest BCUT2D eigenvalue weighted by Crippen LogP contribution is -2.65. The van der Waals surface area contributed by atoms with E-state index in [1.807, 2.05) is 77.8 Å². The van der Waals surface area contributed by atoms with Crippen molar-refractivity contribution in [1.29, 1.82) is 0 Å². The number of aryl methyl sites for hydroxylation is 1. The van der Waals surface area contributed by atoms with E-state index in [-0.39, 0.29) is 49.8 Å². The summed E-state index contributed by atoms with van der Waals surface area (Å²) < 4.78 is 19.9. The van der Waals surface area contributed by atoms with Gasteiger partial charge in [-0.2, -0.15) is 0 Å². The van der Waals surface area contributed by atoms with Gasteiger partial charge in [-0.15, -0.1) is 0 Å². The number of rotatable bonds is 17. The molecule has 386 valence electrons. The number of esters is 1. The van der Waals surface area contributed by atoms with Crippen LogP contribution in [0.5, 0.6) is 11.5 Å². The summed E-state index contributed by atoms with van der Waals surface area (Å²) in [6.45, 7) is 9.31.